The summed E-state index contributed by atoms with van der Waals surface area (Å²) >= 11 is 4.96. The standard InChI is InChI=1S/C16H12BrNS/c1-11-6-13(12-2-4-16(17)5-3-12)8-14(7-11)15-9-18-19-10-15/h2-10H,1H3. The Morgan fingerprint density at radius 2 is 1.58 bits per heavy atom. The largest absolute Gasteiger partial charge is 0.201 e. The Morgan fingerprint density at radius 1 is 0.895 bits per heavy atom. The van der Waals surface area contributed by atoms with E-state index in [0.29, 0.717) is 0 Å². The smallest absolute Gasteiger partial charge is 0.0485 e. The second kappa shape index (κ2) is 5.27. The van der Waals surface area contributed by atoms with Gasteiger partial charge < -0.3 is 0 Å². The van der Waals surface area contributed by atoms with Gasteiger partial charge in [0.05, 0.1) is 0 Å². The summed E-state index contributed by atoms with van der Waals surface area (Å²) in [5, 5.41) is 2.08. The number of benzene rings is 2. The molecule has 1 heterocycles. The van der Waals surface area contributed by atoms with Crippen molar-refractivity contribution in [3.63, 3.8) is 0 Å². The molecule has 0 radical (unpaired) electrons. The molecule has 3 heteroatoms. The number of rotatable bonds is 2. The van der Waals surface area contributed by atoms with E-state index in [0.717, 1.165) is 4.47 Å². The minimum atomic E-state index is 1.10. The van der Waals surface area contributed by atoms with Crippen LogP contribution in [0.25, 0.3) is 22.3 Å². The Morgan fingerprint density at radius 3 is 2.21 bits per heavy atom. The third kappa shape index (κ3) is 2.77. The Hall–Kier alpha value is -1.45. The van der Waals surface area contributed by atoms with Crippen LogP contribution in [-0.2, 0) is 0 Å². The number of hydrogen-bond acceptors (Lipinski definition) is 2. The molecular weight excluding hydrogens is 318 g/mol. The molecule has 0 saturated carbocycles. The lowest BCUT2D eigenvalue weighted by atomic mass is 9.98. The summed E-state index contributed by atoms with van der Waals surface area (Å²) in [7, 11) is 0. The Balaban J connectivity index is 2.10. The van der Waals surface area contributed by atoms with Gasteiger partial charge in [-0.2, -0.15) is 0 Å². The molecule has 0 bridgehead atoms. The summed E-state index contributed by atoms with van der Waals surface area (Å²) in [6.07, 6.45) is 1.92. The minimum Gasteiger partial charge on any atom is -0.201 e. The van der Waals surface area contributed by atoms with Crippen molar-refractivity contribution in [3.05, 3.63) is 64.1 Å². The van der Waals surface area contributed by atoms with Crippen LogP contribution in [0.5, 0.6) is 0 Å². The van der Waals surface area contributed by atoms with Crippen LogP contribution in [0, 0.1) is 6.92 Å². The van der Waals surface area contributed by atoms with Crippen LogP contribution >= 0.6 is 27.5 Å². The van der Waals surface area contributed by atoms with Gasteiger partial charge in [-0.05, 0) is 58.9 Å². The molecule has 94 valence electrons. The molecule has 2 aromatic carbocycles. The van der Waals surface area contributed by atoms with E-state index in [-0.39, 0.29) is 0 Å². The van der Waals surface area contributed by atoms with Crippen molar-refractivity contribution < 1.29 is 0 Å². The van der Waals surface area contributed by atoms with Crippen LogP contribution in [0.15, 0.2) is 58.5 Å². The molecule has 0 atom stereocenters. The quantitative estimate of drug-likeness (QED) is 0.600. The number of halogens is 1. The van der Waals surface area contributed by atoms with E-state index >= 15 is 0 Å². The third-order valence-corrected chi connectivity index (χ3v) is 4.14. The normalized spacial score (nSPS) is 10.6. The zero-order chi connectivity index (χ0) is 13.2. The third-order valence-electron chi connectivity index (χ3n) is 3.02. The molecule has 0 amide bonds. The zero-order valence-electron chi connectivity index (χ0n) is 10.4. The second-order valence-electron chi connectivity index (χ2n) is 4.51. The SMILES string of the molecule is Cc1cc(-c2ccc(Br)cc2)cc(-c2cnsc2)c1. The fourth-order valence-corrected chi connectivity index (χ4v) is 2.92. The van der Waals surface area contributed by atoms with Crippen molar-refractivity contribution >= 4 is 27.5 Å². The monoisotopic (exact) mass is 329 g/mol. The maximum Gasteiger partial charge on any atom is 0.0485 e. The minimum absolute atomic E-state index is 1.10. The first-order valence-corrected chi connectivity index (χ1v) is 7.63. The average Bonchev–Trinajstić information content (AvgIpc) is 2.93. The molecule has 0 unspecified atom stereocenters. The van der Waals surface area contributed by atoms with Gasteiger partial charge in [0.1, 0.15) is 0 Å². The Bertz CT molecular complexity index is 687. The van der Waals surface area contributed by atoms with E-state index in [1.54, 1.807) is 0 Å². The lowest BCUT2D eigenvalue weighted by molar-refractivity contribution is 1.45. The molecule has 0 aliphatic carbocycles. The topological polar surface area (TPSA) is 12.9 Å². The average molecular weight is 330 g/mol. The first-order chi connectivity index (χ1) is 9.22. The number of aromatic nitrogens is 1. The predicted octanol–water partition coefficient (Wildman–Crippen LogP) is 5.55. The summed E-state index contributed by atoms with van der Waals surface area (Å²) in [5.41, 5.74) is 6.16. The highest BCUT2D eigenvalue weighted by Crippen LogP contribution is 2.29. The molecule has 0 N–H and O–H groups in total. The van der Waals surface area contributed by atoms with Gasteiger partial charge in [-0.15, -0.1) is 0 Å². The van der Waals surface area contributed by atoms with Gasteiger partial charge in [0, 0.05) is 21.6 Å². The van der Waals surface area contributed by atoms with Crippen LogP contribution in [0.4, 0.5) is 0 Å². The summed E-state index contributed by atoms with van der Waals surface area (Å²) in [4.78, 5) is 0. The van der Waals surface area contributed by atoms with E-state index in [1.807, 2.05) is 6.20 Å². The van der Waals surface area contributed by atoms with E-state index in [1.165, 1.54) is 39.3 Å². The van der Waals surface area contributed by atoms with Crippen LogP contribution in [0.3, 0.4) is 0 Å². The Labute approximate surface area is 125 Å². The van der Waals surface area contributed by atoms with Crippen molar-refractivity contribution in [2.24, 2.45) is 0 Å². The van der Waals surface area contributed by atoms with E-state index in [4.69, 9.17) is 0 Å². The van der Waals surface area contributed by atoms with Gasteiger partial charge in [-0.1, -0.05) is 40.2 Å². The van der Waals surface area contributed by atoms with E-state index < -0.39 is 0 Å². The molecular formula is C16H12BrNS. The fourth-order valence-electron chi connectivity index (χ4n) is 2.11. The summed E-state index contributed by atoms with van der Waals surface area (Å²) in [6, 6.07) is 15.1. The molecule has 1 aromatic heterocycles. The van der Waals surface area contributed by atoms with Crippen LogP contribution < -0.4 is 0 Å². The highest BCUT2D eigenvalue weighted by Gasteiger charge is 2.04. The summed E-state index contributed by atoms with van der Waals surface area (Å²) in [5.74, 6) is 0. The first kappa shape index (κ1) is 12.6. The molecule has 0 aliphatic heterocycles. The number of aryl methyl sites for hydroxylation is 1. The van der Waals surface area contributed by atoms with Gasteiger partial charge in [0.2, 0.25) is 0 Å². The highest BCUT2D eigenvalue weighted by atomic mass is 79.9. The van der Waals surface area contributed by atoms with Gasteiger partial charge in [-0.3, -0.25) is 0 Å². The van der Waals surface area contributed by atoms with Gasteiger partial charge in [0.15, 0.2) is 0 Å². The lowest BCUT2D eigenvalue weighted by Gasteiger charge is -2.07. The maximum absolute atomic E-state index is 4.18. The van der Waals surface area contributed by atoms with Crippen LogP contribution in [0.2, 0.25) is 0 Å². The number of hydrogen-bond donors (Lipinski definition) is 0. The summed E-state index contributed by atoms with van der Waals surface area (Å²) < 4.78 is 5.28. The molecule has 3 rings (SSSR count). The van der Waals surface area contributed by atoms with E-state index in [2.05, 4.69) is 75.1 Å². The molecule has 1 nitrogen and oxygen atoms in total. The molecule has 0 fully saturated rings. The zero-order valence-corrected chi connectivity index (χ0v) is 12.8. The van der Waals surface area contributed by atoms with Crippen LogP contribution in [0.1, 0.15) is 5.56 Å². The van der Waals surface area contributed by atoms with Crippen molar-refractivity contribution in [2.75, 3.05) is 0 Å². The van der Waals surface area contributed by atoms with Crippen molar-refractivity contribution in [2.45, 2.75) is 6.92 Å². The fraction of sp³-hybridized carbons (Fsp3) is 0.0625. The van der Waals surface area contributed by atoms with Crippen LogP contribution in [-0.4, -0.2) is 4.37 Å². The molecule has 19 heavy (non-hydrogen) atoms. The lowest BCUT2D eigenvalue weighted by Crippen LogP contribution is -1.83. The molecule has 0 spiro atoms. The van der Waals surface area contributed by atoms with E-state index in [9.17, 15) is 0 Å². The summed E-state index contributed by atoms with van der Waals surface area (Å²) in [6.45, 7) is 2.13. The Kier molecular flexibility index (Phi) is 3.49. The predicted molar refractivity (Wildman–Crippen MR) is 85.4 cm³/mol. The molecule has 0 saturated heterocycles. The van der Waals surface area contributed by atoms with Crippen molar-refractivity contribution in [3.8, 4) is 22.3 Å². The van der Waals surface area contributed by atoms with Crippen molar-refractivity contribution in [1.29, 1.82) is 0 Å². The molecule has 0 aliphatic rings. The maximum atomic E-state index is 4.18. The van der Waals surface area contributed by atoms with Gasteiger partial charge >= 0.3 is 0 Å². The highest BCUT2D eigenvalue weighted by molar-refractivity contribution is 9.10. The number of nitrogens with zero attached hydrogens (tertiary/aromatic N) is 1. The van der Waals surface area contributed by atoms with Gasteiger partial charge in [0.25, 0.3) is 0 Å². The van der Waals surface area contributed by atoms with Crippen molar-refractivity contribution in [1.82, 2.24) is 4.37 Å². The first-order valence-electron chi connectivity index (χ1n) is 6.00. The van der Waals surface area contributed by atoms with Gasteiger partial charge in [-0.25, -0.2) is 4.37 Å². The second-order valence-corrected chi connectivity index (χ2v) is 6.08. The molecule has 3 aromatic rings.